The molecule has 0 amide bonds. The van der Waals surface area contributed by atoms with E-state index >= 15 is 4.39 Å². The summed E-state index contributed by atoms with van der Waals surface area (Å²) >= 11 is 0. The number of alkyl halides is 1. The van der Waals surface area contributed by atoms with Crippen LogP contribution in [0.4, 0.5) is 10.3 Å². The van der Waals surface area contributed by atoms with Crippen molar-refractivity contribution in [2.24, 2.45) is 0 Å². The van der Waals surface area contributed by atoms with Crippen LogP contribution in [0.5, 0.6) is 0 Å². The largest absolute Gasteiger partial charge is 0.490 e. The topological polar surface area (TPSA) is 301 Å². The van der Waals surface area contributed by atoms with Crippen molar-refractivity contribution in [1.29, 1.82) is 0 Å². The van der Waals surface area contributed by atoms with E-state index in [0.29, 0.717) is 0 Å². The molecule has 6 atom stereocenters. The van der Waals surface area contributed by atoms with Crippen molar-refractivity contribution in [3.63, 3.8) is 0 Å². The smallest absolute Gasteiger partial charge is 0.384 e. The number of nitrogens with zero attached hydrogens (tertiary/aromatic N) is 2. The summed E-state index contributed by atoms with van der Waals surface area (Å²) in [7, 11) is -17.3. The number of fused-ring (bicyclic) bond motifs is 1. The molecule has 3 heterocycles. The number of phosphoric acid groups is 3. The van der Waals surface area contributed by atoms with E-state index < -0.39 is 59.9 Å². The zero-order valence-electron chi connectivity index (χ0n) is 15.7. The van der Waals surface area contributed by atoms with Gasteiger partial charge >= 0.3 is 29.1 Å². The minimum absolute atomic E-state index is 0.167. The van der Waals surface area contributed by atoms with Gasteiger partial charge in [-0.05, 0) is 0 Å². The summed E-state index contributed by atoms with van der Waals surface area (Å²) in [5, 5.41) is 20.2. The van der Waals surface area contributed by atoms with E-state index in [0.717, 1.165) is 10.9 Å². The van der Waals surface area contributed by atoms with Gasteiger partial charge in [0.25, 0.3) is 17.4 Å². The number of H-pyrrole nitrogens is 2. The Bertz CT molecular complexity index is 1260. The van der Waals surface area contributed by atoms with Crippen molar-refractivity contribution in [3.05, 3.63) is 16.7 Å². The van der Waals surface area contributed by atoms with Crippen LogP contribution in [0.2, 0.25) is 0 Å². The van der Waals surface area contributed by atoms with Gasteiger partial charge < -0.3 is 40.3 Å². The van der Waals surface area contributed by atoms with E-state index in [1.54, 1.807) is 0 Å². The Kier molecular flexibility index (Phi) is 6.73. The van der Waals surface area contributed by atoms with Gasteiger partial charge in [0, 0.05) is 0 Å². The molecule has 6 unspecified atom stereocenters. The fourth-order valence-electron chi connectivity index (χ4n) is 2.75. The van der Waals surface area contributed by atoms with Crippen molar-refractivity contribution in [2.75, 3.05) is 12.3 Å². The van der Waals surface area contributed by atoms with Crippen LogP contribution in [0, 0.1) is 0 Å². The van der Waals surface area contributed by atoms with Crippen molar-refractivity contribution in [1.82, 2.24) is 15.0 Å². The van der Waals surface area contributed by atoms with Crippen molar-refractivity contribution in [2.45, 2.75) is 24.3 Å². The number of aromatic amines is 2. The van der Waals surface area contributed by atoms with E-state index in [1.807, 2.05) is 0 Å². The predicted octanol–water partition coefficient (Wildman–Crippen LogP) is -2.62. The molecule has 1 saturated heterocycles. The number of hydrogen-bond acceptors (Lipinski definition) is 12. The number of ether oxygens (including phenoxy) is 1. The maximum atomic E-state index is 15.1. The maximum Gasteiger partial charge on any atom is 0.490 e. The second kappa shape index (κ2) is 8.54. The summed E-state index contributed by atoms with van der Waals surface area (Å²) in [6, 6.07) is 0. The highest BCUT2D eigenvalue weighted by Crippen LogP contribution is 2.66. The van der Waals surface area contributed by atoms with Gasteiger partial charge in [-0.25, -0.2) is 22.7 Å². The zero-order chi connectivity index (χ0) is 25.0. The highest BCUT2D eigenvalue weighted by Gasteiger charge is 2.59. The molecule has 0 spiro atoms. The van der Waals surface area contributed by atoms with Crippen LogP contribution in [0.25, 0.3) is 11.2 Å². The Morgan fingerprint density at radius 1 is 1.21 bits per heavy atom. The number of aliphatic hydroxyl groups is 2. The lowest BCUT2D eigenvalue weighted by Crippen LogP contribution is -2.46. The van der Waals surface area contributed by atoms with E-state index in [9.17, 15) is 33.6 Å². The molecule has 0 aliphatic carbocycles. The number of hydrogen-bond donors (Lipinski definition) is 9. The number of nitrogens with two attached hydrogens (primary N) is 1. The quantitative estimate of drug-likeness (QED) is 0.122. The Balaban J connectivity index is 1.79. The first-order valence-corrected chi connectivity index (χ1v) is 12.7. The molecule has 2 aromatic rings. The normalized spacial score (nSPS) is 29.7. The van der Waals surface area contributed by atoms with Crippen LogP contribution in [-0.4, -0.2) is 69.4 Å². The monoisotopic (exact) mass is 542 g/mol. The molecule has 1 aliphatic rings. The summed E-state index contributed by atoms with van der Waals surface area (Å²) in [5.41, 5.74) is 4.30. The van der Waals surface area contributed by atoms with Crippen LogP contribution in [0.1, 0.15) is 6.23 Å². The van der Waals surface area contributed by atoms with E-state index in [2.05, 4.69) is 28.1 Å². The molecule has 0 aromatic carbocycles. The molecular formula is C10H16FN5O14P3+. The molecule has 0 bridgehead atoms. The summed E-state index contributed by atoms with van der Waals surface area (Å²) in [4.78, 5) is 55.8. The number of nitrogen functional groups attached to an aromatic ring is 1. The first-order valence-electron chi connectivity index (χ1n) is 8.22. The van der Waals surface area contributed by atoms with E-state index in [-0.39, 0.29) is 17.1 Å². The minimum atomic E-state index is -5.87. The van der Waals surface area contributed by atoms with Crippen LogP contribution in [0.3, 0.4) is 0 Å². The van der Waals surface area contributed by atoms with Gasteiger partial charge in [-0.1, -0.05) is 4.98 Å². The predicted molar refractivity (Wildman–Crippen MR) is 97.1 cm³/mol. The molecule has 186 valence electrons. The molecule has 0 saturated carbocycles. The van der Waals surface area contributed by atoms with Gasteiger partial charge in [0.15, 0.2) is 6.33 Å². The number of aliphatic hydroxyl groups excluding tert-OH is 2. The van der Waals surface area contributed by atoms with E-state index in [4.69, 9.17) is 25.2 Å². The lowest BCUT2D eigenvalue weighted by Gasteiger charge is -2.23. The third-order valence-electron chi connectivity index (χ3n) is 4.00. The van der Waals surface area contributed by atoms with Gasteiger partial charge in [-0.2, -0.15) is 8.62 Å². The van der Waals surface area contributed by atoms with Gasteiger partial charge in [-0.3, -0.25) is 19.3 Å². The average molecular weight is 542 g/mol. The second-order valence-corrected chi connectivity index (χ2v) is 10.8. The molecule has 0 radical (unpaired) electrons. The number of halogens is 1. The number of anilines is 1. The summed E-state index contributed by atoms with van der Waals surface area (Å²) < 4.78 is 65.6. The lowest BCUT2D eigenvalue weighted by atomic mass is 10.1. The molecule has 23 heteroatoms. The van der Waals surface area contributed by atoms with Crippen molar-refractivity contribution < 1.29 is 70.3 Å². The van der Waals surface area contributed by atoms with Crippen molar-refractivity contribution >= 4 is 40.6 Å². The number of aromatic nitrogens is 4. The van der Waals surface area contributed by atoms with Gasteiger partial charge in [0.2, 0.25) is 11.7 Å². The zero-order valence-corrected chi connectivity index (χ0v) is 18.3. The van der Waals surface area contributed by atoms with E-state index in [1.165, 1.54) is 0 Å². The highest BCUT2D eigenvalue weighted by molar-refractivity contribution is 7.66. The molecule has 33 heavy (non-hydrogen) atoms. The first kappa shape index (κ1) is 26.0. The van der Waals surface area contributed by atoms with Crippen molar-refractivity contribution in [3.8, 4) is 0 Å². The number of nitrogens with one attached hydrogen (secondary N) is 2. The van der Waals surface area contributed by atoms with Gasteiger partial charge in [0.1, 0.15) is 18.8 Å². The third kappa shape index (κ3) is 5.72. The molecule has 1 fully saturated rings. The Morgan fingerprint density at radius 3 is 2.45 bits per heavy atom. The molecule has 1 aliphatic heterocycles. The summed E-state index contributed by atoms with van der Waals surface area (Å²) in [6.45, 7) is -1.70. The Labute approximate surface area is 180 Å². The fourth-order valence-corrected chi connectivity index (χ4v) is 5.78. The average Bonchev–Trinajstić information content (AvgIpc) is 3.12. The van der Waals surface area contributed by atoms with Crippen LogP contribution in [-0.2, 0) is 31.6 Å². The number of rotatable bonds is 8. The number of imidazole rings is 1. The number of phosphoric ester groups is 1. The second-order valence-electron chi connectivity index (χ2n) is 6.42. The Morgan fingerprint density at radius 2 is 1.85 bits per heavy atom. The summed E-state index contributed by atoms with van der Waals surface area (Å²) in [5.74, 6) is -3.80. The first-order chi connectivity index (χ1) is 14.9. The Hall–Kier alpha value is -1.63. The molecule has 19 nitrogen and oxygen atoms in total. The maximum absolute atomic E-state index is 15.1. The standard InChI is InChI=1S/C10H15FN5O14P3/c11-10(1-27-32(23,24)30-33(25,26)29-31(20,21)22)5(18)4(17)8(28-10)16-2-13-3-6(16)14-9(12)15-7(3)19/h2,4-5,8,17-18H,1H2,(H7,12,14,15,19,20,21,22,23,24,25,26)/p+1. The minimum Gasteiger partial charge on any atom is -0.384 e. The molecule has 3 rings (SSSR count). The van der Waals surface area contributed by atoms with Gasteiger partial charge in [0.05, 0.1) is 0 Å². The lowest BCUT2D eigenvalue weighted by molar-refractivity contribution is -0.748. The summed E-state index contributed by atoms with van der Waals surface area (Å²) in [6.07, 6.45) is -5.31. The molecule has 10 N–H and O–H groups in total. The van der Waals surface area contributed by atoms with Crippen LogP contribution in [0.15, 0.2) is 11.1 Å². The SMILES string of the molecule is Nc1nc2c([nH]c[n+]2C2OC(F)(COP(=O)(O)OP(=O)(O)OP(=O)(O)O)C(O)C2O)c(=O)[nH]1. The van der Waals surface area contributed by atoms with Crippen LogP contribution >= 0.6 is 23.5 Å². The van der Waals surface area contributed by atoms with Crippen LogP contribution < -0.4 is 15.9 Å². The highest BCUT2D eigenvalue weighted by atomic mass is 31.3. The third-order valence-corrected chi connectivity index (χ3v) is 7.78. The fraction of sp³-hybridized carbons (Fsp3) is 0.500. The van der Waals surface area contributed by atoms with Gasteiger partial charge in [-0.15, -0.1) is 0 Å². The molecule has 2 aromatic heterocycles. The molecular weight excluding hydrogens is 526 g/mol.